The molecule has 0 aliphatic heterocycles. The number of rotatable bonds is 1. The number of pyridine rings is 1. The Morgan fingerprint density at radius 2 is 2.13 bits per heavy atom. The van der Waals surface area contributed by atoms with Gasteiger partial charge in [0.15, 0.2) is 0 Å². The van der Waals surface area contributed by atoms with Crippen LogP contribution < -0.4 is 0 Å². The van der Waals surface area contributed by atoms with Crippen molar-refractivity contribution in [1.29, 1.82) is 0 Å². The Labute approximate surface area is 87.3 Å². The molecule has 0 amide bonds. The van der Waals surface area contributed by atoms with Crippen LogP contribution in [0.5, 0.6) is 0 Å². The lowest BCUT2D eigenvalue weighted by molar-refractivity contribution is -0.385. The quantitative estimate of drug-likeness (QED) is 0.577. The van der Waals surface area contributed by atoms with Crippen molar-refractivity contribution in [3.05, 3.63) is 34.1 Å². The third-order valence-corrected chi connectivity index (χ3v) is 1.93. The number of H-pyrrole nitrogens is 1. The fourth-order valence-corrected chi connectivity index (χ4v) is 1.22. The summed E-state index contributed by atoms with van der Waals surface area (Å²) >= 11 is 0. The molecule has 0 aromatic carbocycles. The zero-order chi connectivity index (χ0) is 11.4. The number of aromatic amines is 1. The fourth-order valence-electron chi connectivity index (χ4n) is 1.22. The van der Waals surface area contributed by atoms with Gasteiger partial charge in [-0.1, -0.05) is 13.8 Å². The SMILES string of the molecule is CC.Cc1c[nH]c2ncc([N+](=O)[O-])cc12. The Kier molecular flexibility index (Phi) is 3.38. The van der Waals surface area contributed by atoms with Crippen LogP contribution in [0.1, 0.15) is 19.4 Å². The molecule has 15 heavy (non-hydrogen) atoms. The summed E-state index contributed by atoms with van der Waals surface area (Å²) in [5, 5.41) is 11.2. The zero-order valence-corrected chi connectivity index (χ0v) is 8.94. The largest absolute Gasteiger partial charge is 0.346 e. The number of hydrogen-bond donors (Lipinski definition) is 1. The van der Waals surface area contributed by atoms with Gasteiger partial charge in [-0.15, -0.1) is 0 Å². The summed E-state index contributed by atoms with van der Waals surface area (Å²) in [6, 6.07) is 1.52. The van der Waals surface area contributed by atoms with Crippen molar-refractivity contribution in [2.45, 2.75) is 20.8 Å². The molecule has 0 saturated heterocycles. The number of nitro groups is 1. The Hall–Kier alpha value is -1.91. The van der Waals surface area contributed by atoms with Crippen LogP contribution >= 0.6 is 0 Å². The highest BCUT2D eigenvalue weighted by Gasteiger charge is 2.08. The zero-order valence-electron chi connectivity index (χ0n) is 8.94. The Morgan fingerprint density at radius 3 is 2.73 bits per heavy atom. The molecule has 0 radical (unpaired) electrons. The van der Waals surface area contributed by atoms with Crippen molar-refractivity contribution in [2.24, 2.45) is 0 Å². The number of hydrogen-bond acceptors (Lipinski definition) is 3. The predicted octanol–water partition coefficient (Wildman–Crippen LogP) is 2.81. The first-order valence-corrected chi connectivity index (χ1v) is 4.76. The molecule has 1 N–H and O–H groups in total. The maximum absolute atomic E-state index is 10.4. The van der Waals surface area contributed by atoms with Gasteiger partial charge < -0.3 is 4.98 Å². The van der Waals surface area contributed by atoms with Gasteiger partial charge in [0.05, 0.1) is 4.92 Å². The van der Waals surface area contributed by atoms with Crippen molar-refractivity contribution in [2.75, 3.05) is 0 Å². The lowest BCUT2D eigenvalue weighted by Crippen LogP contribution is -1.88. The molecule has 2 aromatic heterocycles. The van der Waals surface area contributed by atoms with Crippen LogP contribution in [0.4, 0.5) is 5.69 Å². The number of fused-ring (bicyclic) bond motifs is 1. The van der Waals surface area contributed by atoms with Crippen LogP contribution in [0.2, 0.25) is 0 Å². The minimum absolute atomic E-state index is 0.0233. The van der Waals surface area contributed by atoms with E-state index < -0.39 is 4.92 Å². The summed E-state index contributed by atoms with van der Waals surface area (Å²) in [7, 11) is 0. The molecule has 0 unspecified atom stereocenters. The molecule has 2 heterocycles. The minimum atomic E-state index is -0.446. The number of aryl methyl sites for hydroxylation is 1. The molecule has 0 saturated carbocycles. The van der Waals surface area contributed by atoms with Crippen molar-refractivity contribution < 1.29 is 4.92 Å². The highest BCUT2D eigenvalue weighted by Crippen LogP contribution is 2.20. The average molecular weight is 207 g/mol. The molecule has 80 valence electrons. The number of nitrogens with one attached hydrogen (secondary N) is 1. The van der Waals surface area contributed by atoms with Crippen molar-refractivity contribution >= 4 is 16.7 Å². The second-order valence-corrected chi connectivity index (χ2v) is 2.82. The maximum Gasteiger partial charge on any atom is 0.288 e. The van der Waals surface area contributed by atoms with Gasteiger partial charge in [-0.2, -0.15) is 0 Å². The van der Waals surface area contributed by atoms with E-state index in [1.54, 1.807) is 6.20 Å². The highest BCUT2D eigenvalue weighted by molar-refractivity contribution is 5.81. The van der Waals surface area contributed by atoms with Gasteiger partial charge in [0.1, 0.15) is 11.8 Å². The Balaban J connectivity index is 0.000000531. The van der Waals surface area contributed by atoms with E-state index in [-0.39, 0.29) is 5.69 Å². The molecule has 0 fully saturated rings. The van der Waals surface area contributed by atoms with Gasteiger partial charge in [0.25, 0.3) is 5.69 Å². The van der Waals surface area contributed by atoms with Gasteiger partial charge in [-0.05, 0) is 12.5 Å². The summed E-state index contributed by atoms with van der Waals surface area (Å²) in [6.07, 6.45) is 3.03. The third kappa shape index (κ3) is 2.12. The molecule has 0 bridgehead atoms. The first-order valence-electron chi connectivity index (χ1n) is 4.76. The minimum Gasteiger partial charge on any atom is -0.346 e. The van der Waals surface area contributed by atoms with Gasteiger partial charge in [0, 0.05) is 17.6 Å². The second-order valence-electron chi connectivity index (χ2n) is 2.82. The van der Waals surface area contributed by atoms with Gasteiger partial charge in [-0.25, -0.2) is 4.98 Å². The Morgan fingerprint density at radius 1 is 1.47 bits per heavy atom. The van der Waals surface area contributed by atoms with E-state index in [1.165, 1.54) is 12.3 Å². The summed E-state index contributed by atoms with van der Waals surface area (Å²) in [5.41, 5.74) is 1.67. The van der Waals surface area contributed by atoms with Gasteiger partial charge in [-0.3, -0.25) is 10.1 Å². The van der Waals surface area contributed by atoms with Crippen LogP contribution in [0.25, 0.3) is 11.0 Å². The highest BCUT2D eigenvalue weighted by atomic mass is 16.6. The summed E-state index contributed by atoms with van der Waals surface area (Å²) in [5.74, 6) is 0. The molecule has 0 atom stereocenters. The second kappa shape index (κ2) is 4.54. The number of nitrogens with zero attached hydrogens (tertiary/aromatic N) is 2. The topological polar surface area (TPSA) is 71.8 Å². The van der Waals surface area contributed by atoms with Crippen LogP contribution in [-0.2, 0) is 0 Å². The summed E-state index contributed by atoms with van der Waals surface area (Å²) < 4.78 is 0. The van der Waals surface area contributed by atoms with E-state index in [0.717, 1.165) is 10.9 Å². The number of aromatic nitrogens is 2. The lowest BCUT2D eigenvalue weighted by Gasteiger charge is -1.91. The molecule has 0 aliphatic rings. The predicted molar refractivity (Wildman–Crippen MR) is 58.8 cm³/mol. The maximum atomic E-state index is 10.4. The standard InChI is InChI=1S/C8H7N3O2.C2H6/c1-5-3-9-8-7(5)2-6(4-10-8)11(12)13;1-2/h2-4H,1H3,(H,9,10);1-2H3. The molecule has 5 heteroatoms. The van der Waals surface area contributed by atoms with Crippen LogP contribution in [0.3, 0.4) is 0 Å². The third-order valence-electron chi connectivity index (χ3n) is 1.93. The normalized spacial score (nSPS) is 9.53. The van der Waals surface area contributed by atoms with E-state index in [1.807, 2.05) is 20.8 Å². The van der Waals surface area contributed by atoms with E-state index in [4.69, 9.17) is 0 Å². The van der Waals surface area contributed by atoms with Crippen molar-refractivity contribution in [1.82, 2.24) is 9.97 Å². The molecular weight excluding hydrogens is 194 g/mol. The van der Waals surface area contributed by atoms with Crippen molar-refractivity contribution in [3.8, 4) is 0 Å². The average Bonchev–Trinajstić information content (AvgIpc) is 2.63. The smallest absolute Gasteiger partial charge is 0.288 e. The monoisotopic (exact) mass is 207 g/mol. The molecule has 2 aromatic rings. The van der Waals surface area contributed by atoms with E-state index in [2.05, 4.69) is 9.97 Å². The van der Waals surface area contributed by atoms with E-state index in [0.29, 0.717) is 5.65 Å². The van der Waals surface area contributed by atoms with Crippen LogP contribution in [-0.4, -0.2) is 14.9 Å². The summed E-state index contributed by atoms with van der Waals surface area (Å²) in [4.78, 5) is 16.8. The molecule has 0 aliphatic carbocycles. The Bertz CT molecular complexity index is 476. The lowest BCUT2D eigenvalue weighted by atomic mass is 10.2. The first kappa shape index (κ1) is 11.2. The van der Waals surface area contributed by atoms with Gasteiger partial charge >= 0.3 is 0 Å². The molecule has 0 spiro atoms. The summed E-state index contributed by atoms with van der Waals surface area (Å²) in [6.45, 7) is 5.88. The van der Waals surface area contributed by atoms with E-state index >= 15 is 0 Å². The van der Waals surface area contributed by atoms with Crippen molar-refractivity contribution in [3.63, 3.8) is 0 Å². The van der Waals surface area contributed by atoms with Gasteiger partial charge in [0.2, 0.25) is 0 Å². The molecular formula is C10H13N3O2. The molecule has 5 nitrogen and oxygen atoms in total. The molecule has 2 rings (SSSR count). The van der Waals surface area contributed by atoms with Crippen LogP contribution in [0, 0.1) is 17.0 Å². The van der Waals surface area contributed by atoms with E-state index in [9.17, 15) is 10.1 Å². The first-order chi connectivity index (χ1) is 7.18. The fraction of sp³-hybridized carbons (Fsp3) is 0.300. The van der Waals surface area contributed by atoms with Crippen LogP contribution in [0.15, 0.2) is 18.5 Å².